The lowest BCUT2D eigenvalue weighted by molar-refractivity contribution is -0.384. The van der Waals surface area contributed by atoms with Gasteiger partial charge in [-0.25, -0.2) is 9.97 Å². The highest BCUT2D eigenvalue weighted by atomic mass is 35.5. The predicted molar refractivity (Wildman–Crippen MR) is 92.8 cm³/mol. The van der Waals surface area contributed by atoms with E-state index in [4.69, 9.17) is 16.3 Å². The minimum Gasteiger partial charge on any atom is -0.456 e. The number of non-ortho nitro benzene ring substituents is 1. The zero-order valence-corrected chi connectivity index (χ0v) is 14.1. The summed E-state index contributed by atoms with van der Waals surface area (Å²) in [6, 6.07) is 5.27. The fourth-order valence-corrected chi connectivity index (χ4v) is 2.01. The first-order valence-corrected chi connectivity index (χ1v) is 7.74. The molecule has 0 atom stereocenters. The number of carbonyl (C=O) groups is 2. The quantitative estimate of drug-likeness (QED) is 0.403. The number of rotatable bonds is 8. The molecule has 0 saturated carbocycles. The van der Waals surface area contributed by atoms with Crippen molar-refractivity contribution >= 4 is 40.8 Å². The van der Waals surface area contributed by atoms with Crippen LogP contribution in [0.25, 0.3) is 0 Å². The molecule has 10 nitrogen and oxygen atoms in total. The van der Waals surface area contributed by atoms with E-state index in [1.165, 1.54) is 12.1 Å². The summed E-state index contributed by atoms with van der Waals surface area (Å²) in [5.41, 5.74) is -0.0180. The van der Waals surface area contributed by atoms with Crippen molar-refractivity contribution in [3.63, 3.8) is 0 Å². The second kappa shape index (κ2) is 9.28. The number of esters is 1. The summed E-state index contributed by atoms with van der Waals surface area (Å²) in [6.45, 7) is -0.257. The lowest BCUT2D eigenvalue weighted by atomic mass is 10.3. The van der Waals surface area contributed by atoms with Crippen molar-refractivity contribution in [1.29, 1.82) is 0 Å². The lowest BCUT2D eigenvalue weighted by Gasteiger charge is -2.08. The van der Waals surface area contributed by atoms with Gasteiger partial charge >= 0.3 is 5.97 Å². The van der Waals surface area contributed by atoms with Crippen LogP contribution < -0.4 is 10.6 Å². The molecule has 2 rings (SSSR count). The van der Waals surface area contributed by atoms with Crippen molar-refractivity contribution in [1.82, 2.24) is 9.97 Å². The van der Waals surface area contributed by atoms with Crippen LogP contribution in [-0.2, 0) is 14.3 Å². The number of nitro groups is 1. The van der Waals surface area contributed by atoms with Gasteiger partial charge in [-0.15, -0.1) is 0 Å². The molecule has 1 amide bonds. The number of benzene rings is 1. The molecule has 0 saturated heterocycles. The molecule has 11 heteroatoms. The first-order chi connectivity index (χ1) is 12.5. The summed E-state index contributed by atoms with van der Waals surface area (Å²) < 4.78 is 4.83. The Labute approximate surface area is 152 Å². The Hall–Kier alpha value is -3.27. The summed E-state index contributed by atoms with van der Waals surface area (Å²) in [4.78, 5) is 41.2. The summed E-state index contributed by atoms with van der Waals surface area (Å²) in [5.74, 6) is -0.822. The SMILES string of the molecule is O=C(COC(=O)CCNc1ncccn1)Nc1ccc([N+](=O)[O-])cc1Cl. The number of nitro benzene ring substituents is 1. The van der Waals surface area contributed by atoms with E-state index < -0.39 is 23.4 Å². The monoisotopic (exact) mass is 379 g/mol. The van der Waals surface area contributed by atoms with Gasteiger partial charge in [0.1, 0.15) is 0 Å². The third kappa shape index (κ3) is 5.98. The van der Waals surface area contributed by atoms with E-state index >= 15 is 0 Å². The molecule has 0 radical (unpaired) electrons. The van der Waals surface area contributed by atoms with E-state index in [0.717, 1.165) is 6.07 Å². The van der Waals surface area contributed by atoms with Crippen molar-refractivity contribution in [3.8, 4) is 0 Å². The van der Waals surface area contributed by atoms with E-state index in [9.17, 15) is 19.7 Å². The maximum absolute atomic E-state index is 11.8. The molecule has 0 spiro atoms. The van der Waals surface area contributed by atoms with Gasteiger partial charge in [-0.05, 0) is 12.1 Å². The van der Waals surface area contributed by atoms with Gasteiger partial charge in [0.05, 0.1) is 22.1 Å². The van der Waals surface area contributed by atoms with Crippen LogP contribution in [0, 0.1) is 10.1 Å². The molecule has 0 aliphatic rings. The van der Waals surface area contributed by atoms with Crippen LogP contribution in [-0.4, -0.2) is 39.9 Å². The second-order valence-corrected chi connectivity index (χ2v) is 5.29. The van der Waals surface area contributed by atoms with Crippen molar-refractivity contribution in [2.24, 2.45) is 0 Å². The first-order valence-electron chi connectivity index (χ1n) is 7.36. The lowest BCUT2D eigenvalue weighted by Crippen LogP contribution is -2.22. The summed E-state index contributed by atoms with van der Waals surface area (Å²) in [7, 11) is 0. The highest BCUT2D eigenvalue weighted by molar-refractivity contribution is 6.34. The Kier molecular flexibility index (Phi) is 6.80. The van der Waals surface area contributed by atoms with E-state index in [1.807, 2.05) is 0 Å². The smallest absolute Gasteiger partial charge is 0.308 e. The topological polar surface area (TPSA) is 136 Å². The van der Waals surface area contributed by atoms with Crippen LogP contribution >= 0.6 is 11.6 Å². The number of aromatic nitrogens is 2. The Bertz CT molecular complexity index is 802. The largest absolute Gasteiger partial charge is 0.456 e. The van der Waals surface area contributed by atoms with Gasteiger partial charge < -0.3 is 15.4 Å². The van der Waals surface area contributed by atoms with Crippen molar-refractivity contribution in [2.45, 2.75) is 6.42 Å². The third-order valence-electron chi connectivity index (χ3n) is 2.98. The number of amides is 1. The maximum Gasteiger partial charge on any atom is 0.308 e. The van der Waals surface area contributed by atoms with Crippen molar-refractivity contribution in [2.75, 3.05) is 23.8 Å². The number of hydrogen-bond acceptors (Lipinski definition) is 8. The number of ether oxygens (including phenoxy) is 1. The zero-order valence-electron chi connectivity index (χ0n) is 13.3. The normalized spacial score (nSPS) is 10.0. The van der Waals surface area contributed by atoms with Gasteiger partial charge in [0, 0.05) is 31.1 Å². The standard InChI is InChI=1S/C15H14ClN5O5/c16-11-8-10(21(24)25)2-3-12(11)20-13(22)9-26-14(23)4-7-19-15-17-5-1-6-18-15/h1-3,5-6,8H,4,7,9H2,(H,20,22)(H,17,18,19). The minimum atomic E-state index is -0.617. The number of hydrogen-bond donors (Lipinski definition) is 2. The Morgan fingerprint density at radius 1 is 1.27 bits per heavy atom. The Morgan fingerprint density at radius 2 is 2.00 bits per heavy atom. The van der Waals surface area contributed by atoms with Gasteiger partial charge in [-0.1, -0.05) is 11.6 Å². The van der Waals surface area contributed by atoms with Gasteiger partial charge in [0.2, 0.25) is 5.95 Å². The van der Waals surface area contributed by atoms with Crippen LogP contribution in [0.5, 0.6) is 0 Å². The zero-order chi connectivity index (χ0) is 18.9. The number of carbonyl (C=O) groups excluding carboxylic acids is 2. The molecule has 2 aromatic rings. The molecule has 0 aliphatic carbocycles. The molecule has 1 aromatic heterocycles. The van der Waals surface area contributed by atoms with E-state index in [-0.39, 0.29) is 29.4 Å². The van der Waals surface area contributed by atoms with Crippen LogP contribution in [0.4, 0.5) is 17.3 Å². The van der Waals surface area contributed by atoms with Gasteiger partial charge in [0.25, 0.3) is 11.6 Å². The van der Waals surface area contributed by atoms with Crippen LogP contribution in [0.15, 0.2) is 36.7 Å². The first kappa shape index (κ1) is 19.1. The molecular formula is C15H14ClN5O5. The number of halogens is 1. The van der Waals surface area contributed by atoms with Gasteiger partial charge in [-0.2, -0.15) is 0 Å². The summed E-state index contributed by atoms with van der Waals surface area (Å²) in [5, 5.41) is 15.9. The number of nitrogens with one attached hydrogen (secondary N) is 2. The molecule has 0 fully saturated rings. The molecule has 0 bridgehead atoms. The molecule has 26 heavy (non-hydrogen) atoms. The molecule has 1 heterocycles. The van der Waals surface area contributed by atoms with Crippen molar-refractivity contribution < 1.29 is 19.2 Å². The fraction of sp³-hybridized carbons (Fsp3) is 0.200. The molecule has 0 unspecified atom stereocenters. The summed E-state index contributed by atoms with van der Waals surface area (Å²) >= 11 is 5.86. The maximum atomic E-state index is 11.8. The minimum absolute atomic E-state index is 0.00550. The third-order valence-corrected chi connectivity index (χ3v) is 3.29. The highest BCUT2D eigenvalue weighted by Gasteiger charge is 2.13. The molecule has 0 aliphatic heterocycles. The van der Waals surface area contributed by atoms with Crippen LogP contribution in [0.3, 0.4) is 0 Å². The summed E-state index contributed by atoms with van der Waals surface area (Å²) in [6.07, 6.45) is 3.13. The van der Waals surface area contributed by atoms with Gasteiger partial charge in [-0.3, -0.25) is 19.7 Å². The molecular weight excluding hydrogens is 366 g/mol. The number of anilines is 2. The van der Waals surface area contributed by atoms with Gasteiger partial charge in [0.15, 0.2) is 6.61 Å². The number of nitrogens with zero attached hydrogens (tertiary/aromatic N) is 3. The Balaban J connectivity index is 1.72. The van der Waals surface area contributed by atoms with Crippen LogP contribution in [0.2, 0.25) is 5.02 Å². The van der Waals surface area contributed by atoms with Crippen molar-refractivity contribution in [3.05, 3.63) is 51.8 Å². The molecule has 1 aromatic carbocycles. The van der Waals surface area contributed by atoms with E-state index in [1.54, 1.807) is 18.5 Å². The van der Waals surface area contributed by atoms with Crippen LogP contribution in [0.1, 0.15) is 6.42 Å². The average Bonchev–Trinajstić information content (AvgIpc) is 2.62. The highest BCUT2D eigenvalue weighted by Crippen LogP contribution is 2.26. The predicted octanol–water partition coefficient (Wildman–Crippen LogP) is 2.02. The molecule has 136 valence electrons. The van der Waals surface area contributed by atoms with E-state index in [0.29, 0.717) is 5.95 Å². The Morgan fingerprint density at radius 3 is 2.65 bits per heavy atom. The van der Waals surface area contributed by atoms with E-state index in [2.05, 4.69) is 20.6 Å². The molecule has 2 N–H and O–H groups in total. The second-order valence-electron chi connectivity index (χ2n) is 4.88. The average molecular weight is 380 g/mol. The fourth-order valence-electron chi connectivity index (χ4n) is 1.79.